The number of hydrogen-bond acceptors (Lipinski definition) is 4. The highest BCUT2D eigenvalue weighted by molar-refractivity contribution is 7.80. The number of hydrogen-bond donors (Lipinski definition) is 1. The number of rotatable bonds is 2. The van der Waals surface area contributed by atoms with E-state index in [1.54, 1.807) is 29.9 Å². The number of thiol groups is 1. The Morgan fingerprint density at radius 1 is 1.14 bits per heavy atom. The summed E-state index contributed by atoms with van der Waals surface area (Å²) in [4.78, 5) is 18.1. The largest absolute Gasteiger partial charge is 0.494 e. The molecular formula is C16H14N2O2S. The fourth-order valence-corrected chi connectivity index (χ4v) is 2.51. The molecule has 3 rings (SSSR count). The van der Waals surface area contributed by atoms with Gasteiger partial charge in [-0.1, -0.05) is 6.07 Å². The van der Waals surface area contributed by atoms with Crippen LogP contribution in [0.5, 0.6) is 5.75 Å². The summed E-state index contributed by atoms with van der Waals surface area (Å²) in [5.74, 6) is 1.22. The van der Waals surface area contributed by atoms with Crippen LogP contribution < -0.4 is 10.3 Å². The number of nitrogens with zero attached hydrogens (tertiary/aromatic N) is 2. The summed E-state index contributed by atoms with van der Waals surface area (Å²) in [5.41, 5.74) is 1.25. The van der Waals surface area contributed by atoms with E-state index in [-0.39, 0.29) is 5.56 Å². The number of benzene rings is 2. The van der Waals surface area contributed by atoms with E-state index in [2.05, 4.69) is 17.6 Å². The fraction of sp³-hybridized carbons (Fsp3) is 0.125. The smallest absolute Gasteiger partial charge is 0.266 e. The van der Waals surface area contributed by atoms with Crippen LogP contribution in [0.15, 0.2) is 52.2 Å². The minimum absolute atomic E-state index is 0.108. The molecule has 5 heteroatoms. The summed E-state index contributed by atoms with van der Waals surface area (Å²) in [7, 11) is 1.57. The fourth-order valence-electron chi connectivity index (χ4n) is 2.36. The molecule has 0 saturated carbocycles. The molecule has 1 heterocycles. The van der Waals surface area contributed by atoms with Gasteiger partial charge in [0.15, 0.2) is 0 Å². The Balaban J connectivity index is 2.35. The molecule has 0 aliphatic rings. The van der Waals surface area contributed by atoms with Crippen molar-refractivity contribution in [1.29, 1.82) is 0 Å². The molecule has 0 aliphatic heterocycles. The predicted molar refractivity (Wildman–Crippen MR) is 85.9 cm³/mol. The van der Waals surface area contributed by atoms with E-state index in [0.29, 0.717) is 22.5 Å². The van der Waals surface area contributed by atoms with E-state index in [1.807, 2.05) is 31.2 Å². The second kappa shape index (κ2) is 5.26. The van der Waals surface area contributed by atoms with Crippen molar-refractivity contribution in [3.8, 4) is 11.4 Å². The van der Waals surface area contributed by atoms with Crippen LogP contribution in [0.25, 0.3) is 16.6 Å². The molecule has 0 unspecified atom stereocenters. The monoisotopic (exact) mass is 298 g/mol. The number of aromatic nitrogens is 2. The highest BCUT2D eigenvalue weighted by atomic mass is 32.1. The summed E-state index contributed by atoms with van der Waals surface area (Å²) in [6, 6.07) is 12.8. The molecule has 0 saturated heterocycles. The maximum atomic E-state index is 12.8. The topological polar surface area (TPSA) is 44.1 Å². The van der Waals surface area contributed by atoms with Crippen LogP contribution >= 0.6 is 12.6 Å². The molecular weight excluding hydrogens is 284 g/mol. The summed E-state index contributed by atoms with van der Waals surface area (Å²) in [6.07, 6.45) is 0. The van der Waals surface area contributed by atoms with Crippen molar-refractivity contribution in [2.75, 3.05) is 7.11 Å². The zero-order chi connectivity index (χ0) is 15.0. The van der Waals surface area contributed by atoms with Crippen molar-refractivity contribution in [1.82, 2.24) is 9.55 Å². The van der Waals surface area contributed by atoms with Gasteiger partial charge in [0.25, 0.3) is 5.56 Å². The first-order valence-corrected chi connectivity index (χ1v) is 6.92. The van der Waals surface area contributed by atoms with Gasteiger partial charge in [-0.25, -0.2) is 4.98 Å². The van der Waals surface area contributed by atoms with E-state index in [1.165, 1.54) is 0 Å². The van der Waals surface area contributed by atoms with Crippen LogP contribution in [0, 0.1) is 6.92 Å². The molecule has 0 amide bonds. The first-order chi connectivity index (χ1) is 10.1. The highest BCUT2D eigenvalue weighted by Crippen LogP contribution is 2.22. The van der Waals surface area contributed by atoms with Gasteiger partial charge in [-0.15, -0.1) is 12.6 Å². The lowest BCUT2D eigenvalue weighted by Gasteiger charge is -2.12. The summed E-state index contributed by atoms with van der Waals surface area (Å²) in [5, 5.41) is 0.537. The van der Waals surface area contributed by atoms with Crippen molar-refractivity contribution >= 4 is 23.5 Å². The average Bonchev–Trinajstić information content (AvgIpc) is 2.48. The summed E-state index contributed by atoms with van der Waals surface area (Å²) >= 11 is 4.26. The first-order valence-electron chi connectivity index (χ1n) is 6.47. The third-order valence-corrected chi connectivity index (χ3v) is 3.66. The van der Waals surface area contributed by atoms with Crippen LogP contribution in [-0.4, -0.2) is 16.7 Å². The Bertz CT molecular complexity index is 870. The summed E-state index contributed by atoms with van der Waals surface area (Å²) in [6.45, 7) is 1.81. The van der Waals surface area contributed by atoms with Gasteiger partial charge in [0, 0.05) is 4.90 Å². The molecule has 3 aromatic rings. The van der Waals surface area contributed by atoms with Crippen molar-refractivity contribution in [2.45, 2.75) is 11.8 Å². The Kier molecular flexibility index (Phi) is 3.43. The Labute approximate surface area is 127 Å². The van der Waals surface area contributed by atoms with Crippen molar-refractivity contribution in [2.24, 2.45) is 0 Å². The van der Waals surface area contributed by atoms with Crippen molar-refractivity contribution in [3.63, 3.8) is 0 Å². The lowest BCUT2D eigenvalue weighted by molar-refractivity contribution is 0.418. The van der Waals surface area contributed by atoms with E-state index < -0.39 is 0 Å². The second-order valence-electron chi connectivity index (χ2n) is 4.67. The Hall–Kier alpha value is -2.27. The lowest BCUT2D eigenvalue weighted by atomic mass is 10.2. The number of aryl methyl sites for hydroxylation is 1. The molecule has 0 spiro atoms. The Morgan fingerprint density at radius 2 is 1.86 bits per heavy atom. The van der Waals surface area contributed by atoms with Gasteiger partial charge in [-0.3, -0.25) is 9.36 Å². The molecule has 0 aliphatic carbocycles. The van der Waals surface area contributed by atoms with E-state index in [0.717, 1.165) is 10.6 Å². The number of methoxy groups -OCH3 is 1. The maximum absolute atomic E-state index is 12.8. The molecule has 0 N–H and O–H groups in total. The van der Waals surface area contributed by atoms with Gasteiger partial charge < -0.3 is 4.74 Å². The third-order valence-electron chi connectivity index (χ3n) is 3.36. The zero-order valence-corrected chi connectivity index (χ0v) is 12.6. The number of para-hydroxylation sites is 1. The average molecular weight is 298 g/mol. The molecule has 0 bridgehead atoms. The van der Waals surface area contributed by atoms with Crippen molar-refractivity contribution in [3.05, 3.63) is 58.6 Å². The summed E-state index contributed by atoms with van der Waals surface area (Å²) < 4.78 is 6.87. The van der Waals surface area contributed by atoms with Gasteiger partial charge >= 0.3 is 0 Å². The standard InChI is InChI=1S/C16H14N2O2S/c1-10-17-15-13(4-3-5-14(15)20-2)16(19)18(10)11-6-8-12(21)9-7-11/h3-9,21H,1-2H3. The van der Waals surface area contributed by atoms with Crippen LogP contribution in [0.3, 0.4) is 0 Å². The van der Waals surface area contributed by atoms with Gasteiger partial charge in [0.1, 0.15) is 17.1 Å². The molecule has 106 valence electrons. The molecule has 2 aromatic carbocycles. The van der Waals surface area contributed by atoms with Crippen LogP contribution in [0.1, 0.15) is 5.82 Å². The van der Waals surface area contributed by atoms with E-state index >= 15 is 0 Å². The third kappa shape index (κ3) is 2.29. The van der Waals surface area contributed by atoms with Crippen LogP contribution in [-0.2, 0) is 0 Å². The second-order valence-corrected chi connectivity index (χ2v) is 5.19. The van der Waals surface area contributed by atoms with Gasteiger partial charge in [-0.05, 0) is 43.3 Å². The van der Waals surface area contributed by atoms with E-state index in [4.69, 9.17) is 4.74 Å². The first kappa shape index (κ1) is 13.7. The molecule has 1 aromatic heterocycles. The SMILES string of the molecule is COc1cccc2c(=O)n(-c3ccc(S)cc3)c(C)nc12. The minimum Gasteiger partial charge on any atom is -0.494 e. The Morgan fingerprint density at radius 3 is 2.52 bits per heavy atom. The van der Waals surface area contributed by atoms with Gasteiger partial charge in [0.05, 0.1) is 18.2 Å². The highest BCUT2D eigenvalue weighted by Gasteiger charge is 2.12. The lowest BCUT2D eigenvalue weighted by Crippen LogP contribution is -2.22. The van der Waals surface area contributed by atoms with Crippen LogP contribution in [0.4, 0.5) is 0 Å². The van der Waals surface area contributed by atoms with E-state index in [9.17, 15) is 4.79 Å². The van der Waals surface area contributed by atoms with Gasteiger partial charge in [-0.2, -0.15) is 0 Å². The zero-order valence-electron chi connectivity index (χ0n) is 11.7. The number of ether oxygens (including phenoxy) is 1. The molecule has 0 radical (unpaired) electrons. The molecule has 0 fully saturated rings. The predicted octanol–water partition coefficient (Wildman–Crippen LogP) is 2.99. The molecule has 0 atom stereocenters. The molecule has 21 heavy (non-hydrogen) atoms. The normalized spacial score (nSPS) is 10.8. The minimum atomic E-state index is -0.108. The molecule has 4 nitrogen and oxygen atoms in total. The quantitative estimate of drug-likeness (QED) is 0.740. The van der Waals surface area contributed by atoms with Gasteiger partial charge in [0.2, 0.25) is 0 Å². The maximum Gasteiger partial charge on any atom is 0.266 e. The van der Waals surface area contributed by atoms with Crippen molar-refractivity contribution < 1.29 is 4.74 Å². The number of fused-ring (bicyclic) bond motifs is 1. The van der Waals surface area contributed by atoms with Crippen LogP contribution in [0.2, 0.25) is 0 Å².